The molecule has 0 aliphatic rings. The van der Waals surface area contributed by atoms with Gasteiger partial charge in [0.2, 0.25) is 0 Å². The van der Waals surface area contributed by atoms with Crippen LogP contribution in [0.15, 0.2) is 17.2 Å². The molecule has 2 aromatic heterocycles. The molecule has 0 aromatic carbocycles. The monoisotopic (exact) mass is 204 g/mol. The fourth-order valence-electron chi connectivity index (χ4n) is 1.44. The Morgan fingerprint density at radius 1 is 1.40 bits per heavy atom. The fraction of sp³-hybridized carbons (Fsp3) is 0.300. The number of aryl methyl sites for hydroxylation is 2. The van der Waals surface area contributed by atoms with Crippen LogP contribution in [0.5, 0.6) is 0 Å². The van der Waals surface area contributed by atoms with Gasteiger partial charge in [-0.3, -0.25) is 4.79 Å². The van der Waals surface area contributed by atoms with Crippen molar-refractivity contribution >= 4 is 0 Å². The van der Waals surface area contributed by atoms with Gasteiger partial charge >= 0.3 is 0 Å². The molecule has 2 heterocycles. The number of hydrogen-bond acceptors (Lipinski definition) is 3. The topological polar surface area (TPSA) is 74.4 Å². The van der Waals surface area contributed by atoms with E-state index in [0.29, 0.717) is 12.0 Å². The third-order valence-corrected chi connectivity index (χ3v) is 2.30. The molecule has 0 atom stereocenters. The number of rotatable bonds is 2. The van der Waals surface area contributed by atoms with E-state index in [9.17, 15) is 4.79 Å². The first-order valence-corrected chi connectivity index (χ1v) is 4.71. The van der Waals surface area contributed by atoms with Crippen LogP contribution in [-0.4, -0.2) is 20.2 Å². The average Bonchev–Trinajstić information content (AvgIpc) is 2.58. The summed E-state index contributed by atoms with van der Waals surface area (Å²) in [7, 11) is 0. The standard InChI is InChI=1S/C10H12N4O/c1-6-3-8(10(15)14-13-6)4-9-7(2)11-5-12-9/h3,5H,4H2,1-2H3,(H,11,12)(H,14,15). The molecule has 0 radical (unpaired) electrons. The summed E-state index contributed by atoms with van der Waals surface area (Å²) in [5.74, 6) is 0. The minimum atomic E-state index is -0.150. The molecule has 5 heteroatoms. The molecule has 0 bridgehead atoms. The maximum atomic E-state index is 11.5. The Balaban J connectivity index is 2.36. The molecule has 0 saturated heterocycles. The predicted molar refractivity (Wildman–Crippen MR) is 55.7 cm³/mol. The SMILES string of the molecule is Cc1cc(Cc2nc[nH]c2C)c(=O)[nH]n1. The lowest BCUT2D eigenvalue weighted by Gasteiger charge is -1.99. The van der Waals surface area contributed by atoms with E-state index in [4.69, 9.17) is 0 Å². The third-order valence-electron chi connectivity index (χ3n) is 2.30. The van der Waals surface area contributed by atoms with Gasteiger partial charge in [-0.1, -0.05) is 0 Å². The molecule has 15 heavy (non-hydrogen) atoms. The summed E-state index contributed by atoms with van der Waals surface area (Å²) in [5, 5.41) is 6.28. The fourth-order valence-corrected chi connectivity index (χ4v) is 1.44. The lowest BCUT2D eigenvalue weighted by molar-refractivity contribution is 0.905. The average molecular weight is 204 g/mol. The van der Waals surface area contributed by atoms with Crippen molar-refractivity contribution in [3.63, 3.8) is 0 Å². The van der Waals surface area contributed by atoms with Crippen LogP contribution in [0.3, 0.4) is 0 Å². The number of aromatic nitrogens is 4. The molecular weight excluding hydrogens is 192 g/mol. The summed E-state index contributed by atoms with van der Waals surface area (Å²) >= 11 is 0. The van der Waals surface area contributed by atoms with Gasteiger partial charge < -0.3 is 4.98 Å². The highest BCUT2D eigenvalue weighted by molar-refractivity contribution is 5.21. The van der Waals surface area contributed by atoms with E-state index in [0.717, 1.165) is 17.1 Å². The Hall–Kier alpha value is -1.91. The Morgan fingerprint density at radius 3 is 2.87 bits per heavy atom. The highest BCUT2D eigenvalue weighted by atomic mass is 16.1. The normalized spacial score (nSPS) is 10.5. The van der Waals surface area contributed by atoms with Crippen molar-refractivity contribution in [1.82, 2.24) is 20.2 Å². The maximum absolute atomic E-state index is 11.5. The predicted octanol–water partition coefficient (Wildman–Crippen LogP) is 0.701. The number of nitrogens with zero attached hydrogens (tertiary/aromatic N) is 2. The van der Waals surface area contributed by atoms with Gasteiger partial charge in [-0.15, -0.1) is 0 Å². The maximum Gasteiger partial charge on any atom is 0.267 e. The van der Waals surface area contributed by atoms with Gasteiger partial charge in [-0.05, 0) is 19.9 Å². The highest BCUT2D eigenvalue weighted by Gasteiger charge is 2.06. The van der Waals surface area contributed by atoms with Crippen LogP contribution in [0, 0.1) is 13.8 Å². The van der Waals surface area contributed by atoms with Gasteiger partial charge in [0.25, 0.3) is 5.56 Å². The minimum absolute atomic E-state index is 0.150. The first-order valence-electron chi connectivity index (χ1n) is 4.71. The smallest absolute Gasteiger partial charge is 0.267 e. The highest BCUT2D eigenvalue weighted by Crippen LogP contribution is 2.06. The molecule has 2 aromatic rings. The van der Waals surface area contributed by atoms with Gasteiger partial charge in [-0.2, -0.15) is 5.10 Å². The van der Waals surface area contributed by atoms with Crippen LogP contribution in [0.25, 0.3) is 0 Å². The van der Waals surface area contributed by atoms with Crippen LogP contribution >= 0.6 is 0 Å². The van der Waals surface area contributed by atoms with E-state index < -0.39 is 0 Å². The summed E-state index contributed by atoms with van der Waals surface area (Å²) in [6, 6.07) is 1.78. The molecule has 5 nitrogen and oxygen atoms in total. The molecular formula is C10H12N4O. The number of H-pyrrole nitrogens is 2. The Labute approximate surface area is 86.6 Å². The second-order valence-electron chi connectivity index (χ2n) is 3.51. The summed E-state index contributed by atoms with van der Waals surface area (Å²) in [4.78, 5) is 18.6. The molecule has 0 unspecified atom stereocenters. The summed E-state index contributed by atoms with van der Waals surface area (Å²) < 4.78 is 0. The minimum Gasteiger partial charge on any atom is -0.348 e. The van der Waals surface area contributed by atoms with Crippen LogP contribution in [0.1, 0.15) is 22.6 Å². The summed E-state index contributed by atoms with van der Waals surface area (Å²) in [5.41, 5.74) is 3.23. The molecule has 0 amide bonds. The van der Waals surface area contributed by atoms with Crippen LogP contribution in [-0.2, 0) is 6.42 Å². The lowest BCUT2D eigenvalue weighted by Crippen LogP contribution is -2.15. The second kappa shape index (κ2) is 3.68. The van der Waals surface area contributed by atoms with E-state index >= 15 is 0 Å². The van der Waals surface area contributed by atoms with Crippen molar-refractivity contribution in [1.29, 1.82) is 0 Å². The molecule has 0 aliphatic heterocycles. The van der Waals surface area contributed by atoms with E-state index in [1.54, 1.807) is 12.4 Å². The van der Waals surface area contributed by atoms with Crippen LogP contribution in [0.4, 0.5) is 0 Å². The summed E-state index contributed by atoms with van der Waals surface area (Å²) in [6.07, 6.45) is 2.17. The van der Waals surface area contributed by atoms with E-state index in [1.165, 1.54) is 0 Å². The lowest BCUT2D eigenvalue weighted by atomic mass is 10.1. The first-order chi connectivity index (χ1) is 7.16. The zero-order valence-corrected chi connectivity index (χ0v) is 8.66. The Kier molecular flexibility index (Phi) is 2.37. The molecule has 78 valence electrons. The second-order valence-corrected chi connectivity index (χ2v) is 3.51. The Bertz CT molecular complexity index is 526. The number of aromatic amines is 2. The molecule has 0 spiro atoms. The molecule has 0 aliphatic carbocycles. The van der Waals surface area contributed by atoms with Crippen molar-refractivity contribution in [2.24, 2.45) is 0 Å². The largest absolute Gasteiger partial charge is 0.348 e. The quantitative estimate of drug-likeness (QED) is 0.756. The van der Waals surface area contributed by atoms with E-state index in [1.807, 2.05) is 13.8 Å². The zero-order valence-electron chi connectivity index (χ0n) is 8.66. The van der Waals surface area contributed by atoms with Gasteiger partial charge in [-0.25, -0.2) is 10.1 Å². The summed E-state index contributed by atoms with van der Waals surface area (Å²) in [6.45, 7) is 3.78. The van der Waals surface area contributed by atoms with Crippen molar-refractivity contribution in [2.75, 3.05) is 0 Å². The first kappa shape index (κ1) is 9.64. The van der Waals surface area contributed by atoms with Gasteiger partial charge in [0.15, 0.2) is 0 Å². The van der Waals surface area contributed by atoms with Crippen LogP contribution < -0.4 is 5.56 Å². The van der Waals surface area contributed by atoms with E-state index in [2.05, 4.69) is 20.2 Å². The molecule has 0 fully saturated rings. The zero-order chi connectivity index (χ0) is 10.8. The molecule has 2 N–H and O–H groups in total. The van der Waals surface area contributed by atoms with Gasteiger partial charge in [0, 0.05) is 17.7 Å². The van der Waals surface area contributed by atoms with Crippen molar-refractivity contribution in [3.05, 3.63) is 45.4 Å². The van der Waals surface area contributed by atoms with Crippen LogP contribution in [0.2, 0.25) is 0 Å². The van der Waals surface area contributed by atoms with Crippen molar-refractivity contribution in [3.8, 4) is 0 Å². The molecule has 0 saturated carbocycles. The number of nitrogens with one attached hydrogen (secondary N) is 2. The third kappa shape index (κ3) is 1.96. The number of imidazole rings is 1. The van der Waals surface area contributed by atoms with Crippen molar-refractivity contribution < 1.29 is 0 Å². The van der Waals surface area contributed by atoms with Gasteiger partial charge in [0.05, 0.1) is 17.7 Å². The Morgan fingerprint density at radius 2 is 2.20 bits per heavy atom. The molecule has 2 rings (SSSR count). The van der Waals surface area contributed by atoms with E-state index in [-0.39, 0.29) is 5.56 Å². The number of hydrogen-bond donors (Lipinski definition) is 2. The van der Waals surface area contributed by atoms with Crippen molar-refractivity contribution in [2.45, 2.75) is 20.3 Å². The van der Waals surface area contributed by atoms with Gasteiger partial charge in [0.1, 0.15) is 0 Å².